The van der Waals surface area contributed by atoms with Crippen LogP contribution in [0.25, 0.3) is 22.0 Å². The predicted molar refractivity (Wildman–Crippen MR) is 113 cm³/mol. The van der Waals surface area contributed by atoms with Crippen LogP contribution in [0.4, 0.5) is 13.2 Å². The van der Waals surface area contributed by atoms with Crippen LogP contribution in [0.3, 0.4) is 0 Å². The molecule has 9 heteroatoms. The highest BCUT2D eigenvalue weighted by atomic mass is 35.5. The first-order chi connectivity index (χ1) is 14.7. The van der Waals surface area contributed by atoms with Gasteiger partial charge in [0, 0.05) is 11.6 Å². The molecule has 0 saturated heterocycles. The van der Waals surface area contributed by atoms with Gasteiger partial charge in [-0.1, -0.05) is 47.5 Å². The van der Waals surface area contributed by atoms with Gasteiger partial charge in [0.25, 0.3) is 5.88 Å². The lowest BCUT2D eigenvalue weighted by atomic mass is 9.95. The van der Waals surface area contributed by atoms with Crippen LogP contribution in [0.2, 0.25) is 10.0 Å². The molecule has 2 aromatic heterocycles. The molecule has 0 aliphatic carbocycles. The van der Waals surface area contributed by atoms with E-state index < -0.39 is 17.5 Å². The SMILES string of the molecule is Cc1cnc2c(C(F)(F)F)cccc2c1-c1cccc(Oc2ncc(Cl)c(Cl)c2O)c1. The van der Waals surface area contributed by atoms with Crippen LogP contribution in [0.15, 0.2) is 54.9 Å². The molecule has 0 spiro atoms. The molecule has 4 aromatic rings. The highest BCUT2D eigenvalue weighted by molar-refractivity contribution is 6.42. The maximum absolute atomic E-state index is 13.4. The average Bonchev–Trinajstić information content (AvgIpc) is 2.73. The van der Waals surface area contributed by atoms with E-state index in [-0.39, 0.29) is 21.4 Å². The first-order valence-electron chi connectivity index (χ1n) is 8.93. The fraction of sp³-hybridized carbons (Fsp3) is 0.0909. The van der Waals surface area contributed by atoms with Crippen molar-refractivity contribution >= 4 is 34.1 Å². The van der Waals surface area contributed by atoms with Crippen molar-refractivity contribution in [3.63, 3.8) is 0 Å². The van der Waals surface area contributed by atoms with Crippen LogP contribution in [0.5, 0.6) is 17.4 Å². The number of hydrogen-bond donors (Lipinski definition) is 1. The smallest absolute Gasteiger partial charge is 0.418 e. The van der Waals surface area contributed by atoms with E-state index in [9.17, 15) is 18.3 Å². The molecule has 4 rings (SSSR count). The molecule has 1 N–H and O–H groups in total. The van der Waals surface area contributed by atoms with Gasteiger partial charge in [0.05, 0.1) is 22.3 Å². The van der Waals surface area contributed by atoms with Gasteiger partial charge >= 0.3 is 6.18 Å². The van der Waals surface area contributed by atoms with Crippen molar-refractivity contribution in [3.8, 4) is 28.5 Å². The third kappa shape index (κ3) is 3.98. The Hall–Kier alpha value is -3.03. The number of hydrogen-bond acceptors (Lipinski definition) is 4. The lowest BCUT2D eigenvalue weighted by Crippen LogP contribution is -2.07. The summed E-state index contributed by atoms with van der Waals surface area (Å²) in [6.07, 6.45) is -1.88. The summed E-state index contributed by atoms with van der Waals surface area (Å²) < 4.78 is 46.0. The van der Waals surface area contributed by atoms with Gasteiger partial charge in [-0.05, 0) is 41.8 Å². The van der Waals surface area contributed by atoms with Gasteiger partial charge in [0.2, 0.25) is 0 Å². The van der Waals surface area contributed by atoms with E-state index in [1.807, 2.05) is 0 Å². The van der Waals surface area contributed by atoms with Crippen molar-refractivity contribution in [3.05, 3.63) is 76.0 Å². The number of aryl methyl sites for hydroxylation is 1. The number of alkyl halides is 3. The fourth-order valence-corrected chi connectivity index (χ4v) is 3.54. The first-order valence-corrected chi connectivity index (χ1v) is 9.69. The number of nitrogens with zero attached hydrogens (tertiary/aromatic N) is 2. The second kappa shape index (κ2) is 7.90. The standard InChI is InChI=1S/C22H13Cl2F3N2O2/c1-11-9-28-19-14(6-3-7-15(19)22(25,26)27)17(11)12-4-2-5-13(8-12)31-21-20(30)18(24)16(23)10-29-21/h2-10,30H,1H3. The zero-order valence-corrected chi connectivity index (χ0v) is 17.3. The highest BCUT2D eigenvalue weighted by Crippen LogP contribution is 2.41. The zero-order valence-electron chi connectivity index (χ0n) is 15.8. The molecule has 2 heterocycles. The summed E-state index contributed by atoms with van der Waals surface area (Å²) in [5, 5.41) is 10.4. The largest absolute Gasteiger partial charge is 0.502 e. The lowest BCUT2D eigenvalue weighted by molar-refractivity contribution is -0.136. The molecule has 0 atom stereocenters. The number of pyridine rings is 2. The van der Waals surface area contributed by atoms with E-state index in [0.717, 1.165) is 6.07 Å². The number of ether oxygens (including phenoxy) is 1. The molecular formula is C22H13Cl2F3N2O2. The molecule has 0 aliphatic heterocycles. The van der Waals surface area contributed by atoms with Crippen LogP contribution in [-0.4, -0.2) is 15.1 Å². The van der Waals surface area contributed by atoms with Crippen molar-refractivity contribution in [1.29, 1.82) is 0 Å². The Kier molecular flexibility index (Phi) is 5.41. The van der Waals surface area contributed by atoms with Gasteiger partial charge in [-0.2, -0.15) is 13.2 Å². The average molecular weight is 465 g/mol. The molecule has 158 valence electrons. The summed E-state index contributed by atoms with van der Waals surface area (Å²) in [7, 11) is 0. The van der Waals surface area contributed by atoms with E-state index in [1.165, 1.54) is 18.5 Å². The molecule has 0 fully saturated rings. The van der Waals surface area contributed by atoms with Gasteiger partial charge in [-0.3, -0.25) is 4.98 Å². The predicted octanol–water partition coefficient (Wildman–Crippen LogP) is 7.43. The molecule has 0 unspecified atom stereocenters. The molecule has 0 bridgehead atoms. The number of aromatic nitrogens is 2. The number of rotatable bonds is 3. The Morgan fingerprint density at radius 1 is 1.00 bits per heavy atom. The third-order valence-electron chi connectivity index (χ3n) is 4.64. The maximum Gasteiger partial charge on any atom is 0.418 e. The minimum absolute atomic E-state index is 0.0691. The maximum atomic E-state index is 13.4. The Labute approximate surface area is 184 Å². The highest BCUT2D eigenvalue weighted by Gasteiger charge is 2.33. The van der Waals surface area contributed by atoms with Crippen LogP contribution < -0.4 is 4.74 Å². The van der Waals surface area contributed by atoms with E-state index in [4.69, 9.17) is 27.9 Å². The van der Waals surface area contributed by atoms with Crippen LogP contribution in [0.1, 0.15) is 11.1 Å². The van der Waals surface area contributed by atoms with E-state index in [1.54, 1.807) is 37.3 Å². The quantitative estimate of drug-likeness (QED) is 0.342. The van der Waals surface area contributed by atoms with Crippen molar-refractivity contribution in [2.24, 2.45) is 0 Å². The molecule has 0 amide bonds. The Morgan fingerprint density at radius 2 is 1.74 bits per heavy atom. The summed E-state index contributed by atoms with van der Waals surface area (Å²) >= 11 is 11.7. The van der Waals surface area contributed by atoms with Gasteiger partial charge in [0.1, 0.15) is 10.8 Å². The summed E-state index contributed by atoms with van der Waals surface area (Å²) in [5.74, 6) is -0.267. The summed E-state index contributed by atoms with van der Waals surface area (Å²) in [4.78, 5) is 7.95. The van der Waals surface area contributed by atoms with E-state index in [2.05, 4.69) is 9.97 Å². The monoisotopic (exact) mass is 464 g/mol. The van der Waals surface area contributed by atoms with E-state index in [0.29, 0.717) is 27.8 Å². The van der Waals surface area contributed by atoms with Crippen LogP contribution >= 0.6 is 23.2 Å². The van der Waals surface area contributed by atoms with Crippen molar-refractivity contribution < 1.29 is 23.0 Å². The van der Waals surface area contributed by atoms with Crippen molar-refractivity contribution in [2.45, 2.75) is 13.1 Å². The summed E-state index contributed by atoms with van der Waals surface area (Å²) in [6.45, 7) is 1.77. The molecule has 31 heavy (non-hydrogen) atoms. The fourth-order valence-electron chi connectivity index (χ4n) is 3.28. The molecule has 0 aliphatic rings. The van der Waals surface area contributed by atoms with Gasteiger partial charge in [0.15, 0.2) is 5.75 Å². The number of halogens is 5. The minimum atomic E-state index is -4.53. The normalized spacial score (nSPS) is 11.7. The number of aromatic hydroxyl groups is 1. The molecular weight excluding hydrogens is 452 g/mol. The van der Waals surface area contributed by atoms with Crippen molar-refractivity contribution in [1.82, 2.24) is 9.97 Å². The molecule has 0 radical (unpaired) electrons. The van der Waals surface area contributed by atoms with Crippen LogP contribution in [-0.2, 0) is 6.18 Å². The van der Waals surface area contributed by atoms with Crippen LogP contribution in [0, 0.1) is 6.92 Å². The zero-order chi connectivity index (χ0) is 22.3. The molecule has 0 saturated carbocycles. The van der Waals surface area contributed by atoms with Gasteiger partial charge in [-0.25, -0.2) is 4.98 Å². The van der Waals surface area contributed by atoms with Crippen molar-refractivity contribution in [2.75, 3.05) is 0 Å². The van der Waals surface area contributed by atoms with Gasteiger partial charge < -0.3 is 9.84 Å². The first kappa shape index (κ1) is 21.2. The Balaban J connectivity index is 1.83. The summed E-state index contributed by atoms with van der Waals surface area (Å²) in [6, 6.07) is 10.6. The minimum Gasteiger partial charge on any atom is -0.502 e. The Morgan fingerprint density at radius 3 is 2.48 bits per heavy atom. The molecule has 2 aromatic carbocycles. The Bertz CT molecular complexity index is 1310. The number of fused-ring (bicyclic) bond motifs is 1. The topological polar surface area (TPSA) is 55.2 Å². The molecule has 4 nitrogen and oxygen atoms in total. The van der Waals surface area contributed by atoms with Gasteiger partial charge in [-0.15, -0.1) is 0 Å². The number of para-hydroxylation sites is 1. The second-order valence-electron chi connectivity index (χ2n) is 6.72. The second-order valence-corrected chi connectivity index (χ2v) is 7.50. The lowest BCUT2D eigenvalue weighted by Gasteiger charge is -2.15. The van der Waals surface area contributed by atoms with E-state index >= 15 is 0 Å². The third-order valence-corrected chi connectivity index (χ3v) is 5.41. The number of benzene rings is 2. The summed E-state index contributed by atoms with van der Waals surface area (Å²) in [5.41, 5.74) is 0.961.